The summed E-state index contributed by atoms with van der Waals surface area (Å²) in [4.78, 5) is 15.3. The quantitative estimate of drug-likeness (QED) is 0.579. The van der Waals surface area contributed by atoms with Gasteiger partial charge in [0, 0.05) is 29.9 Å². The lowest BCUT2D eigenvalue weighted by atomic mass is 9.68. The maximum absolute atomic E-state index is 12.6. The number of piperidine rings is 1. The Morgan fingerprint density at radius 3 is 3.00 bits per heavy atom. The Kier molecular flexibility index (Phi) is 4.24. The van der Waals surface area contributed by atoms with Crippen molar-refractivity contribution in [3.05, 3.63) is 12.2 Å². The molecule has 1 aliphatic carbocycles. The average Bonchev–Trinajstić information content (AvgIpc) is 2.83. The van der Waals surface area contributed by atoms with Crippen LogP contribution >= 0.6 is 11.6 Å². The van der Waals surface area contributed by atoms with Crippen LogP contribution in [-0.4, -0.2) is 34.2 Å². The smallest absolute Gasteiger partial charge is 0.143 e. The zero-order chi connectivity index (χ0) is 14.2. The predicted molar refractivity (Wildman–Crippen MR) is 83.1 cm³/mol. The molecule has 2 saturated heterocycles. The van der Waals surface area contributed by atoms with E-state index in [1.807, 2.05) is 0 Å². The van der Waals surface area contributed by atoms with E-state index in [4.69, 9.17) is 11.6 Å². The van der Waals surface area contributed by atoms with Crippen LogP contribution in [0.2, 0.25) is 0 Å². The number of allylic oxidation sites excluding steroid dienone is 1. The van der Waals surface area contributed by atoms with Crippen molar-refractivity contribution in [2.24, 2.45) is 5.92 Å². The number of unbranched alkanes of at least 4 members (excludes halogenated alkanes) is 1. The minimum Gasteiger partial charge on any atom is -0.299 e. The molecular weight excluding hydrogens is 270 g/mol. The molecule has 3 heteroatoms. The molecule has 0 unspecified atom stereocenters. The number of hydrogen-bond acceptors (Lipinski definition) is 2. The molecule has 2 fully saturated rings. The first-order valence-corrected chi connectivity index (χ1v) is 8.80. The van der Waals surface area contributed by atoms with Crippen LogP contribution < -0.4 is 0 Å². The highest BCUT2D eigenvalue weighted by atomic mass is 35.5. The summed E-state index contributed by atoms with van der Waals surface area (Å²) in [6, 6.07) is 0.928. The molecule has 2 nitrogen and oxygen atoms in total. The fourth-order valence-corrected chi connectivity index (χ4v) is 5.18. The maximum Gasteiger partial charge on any atom is 0.143 e. The summed E-state index contributed by atoms with van der Waals surface area (Å²) < 4.78 is 0. The molecule has 20 heavy (non-hydrogen) atoms. The molecule has 0 aromatic rings. The Balaban J connectivity index is 1.93. The lowest BCUT2D eigenvalue weighted by Gasteiger charge is -2.53. The second-order valence-corrected chi connectivity index (χ2v) is 7.08. The first kappa shape index (κ1) is 14.6. The summed E-state index contributed by atoms with van der Waals surface area (Å²) in [5, 5.41) is 0. The van der Waals surface area contributed by atoms with Gasteiger partial charge in [0.25, 0.3) is 0 Å². The molecule has 112 valence electrons. The molecule has 2 aliphatic heterocycles. The zero-order valence-electron chi connectivity index (χ0n) is 12.5. The van der Waals surface area contributed by atoms with Crippen LogP contribution in [0.3, 0.4) is 0 Å². The molecular formula is C17H26ClNO. The number of rotatable bonds is 4. The van der Waals surface area contributed by atoms with Gasteiger partial charge in [0.2, 0.25) is 0 Å². The van der Waals surface area contributed by atoms with Gasteiger partial charge in [-0.05, 0) is 32.1 Å². The normalized spacial score (nSPS) is 40.7. The Labute approximate surface area is 127 Å². The average molecular weight is 296 g/mol. The highest BCUT2D eigenvalue weighted by Crippen LogP contribution is 2.51. The third kappa shape index (κ3) is 2.16. The molecule has 0 amide bonds. The van der Waals surface area contributed by atoms with Gasteiger partial charge in [-0.2, -0.15) is 0 Å². The second kappa shape index (κ2) is 5.81. The van der Waals surface area contributed by atoms with Crippen molar-refractivity contribution >= 4 is 17.4 Å². The lowest BCUT2D eigenvalue weighted by Crippen LogP contribution is -2.63. The van der Waals surface area contributed by atoms with Crippen LogP contribution in [0.5, 0.6) is 0 Å². The number of nitrogens with zero attached hydrogens (tertiary/aromatic N) is 1. The fourth-order valence-electron chi connectivity index (χ4n) is 4.88. The summed E-state index contributed by atoms with van der Waals surface area (Å²) in [5.41, 5.74) is 0.113. The molecule has 0 aromatic heterocycles. The van der Waals surface area contributed by atoms with E-state index >= 15 is 0 Å². The van der Waals surface area contributed by atoms with Gasteiger partial charge in [0.1, 0.15) is 5.78 Å². The number of Topliss-reactive ketones (excluding diaryl/α,β-unsaturated/α-hetero) is 1. The van der Waals surface area contributed by atoms with Crippen molar-refractivity contribution in [3.63, 3.8) is 0 Å². The van der Waals surface area contributed by atoms with Gasteiger partial charge in [0.05, 0.1) is 5.92 Å². The minimum absolute atomic E-state index is 0.113. The molecule has 0 bridgehead atoms. The van der Waals surface area contributed by atoms with Gasteiger partial charge in [0.15, 0.2) is 0 Å². The first-order valence-electron chi connectivity index (χ1n) is 8.26. The van der Waals surface area contributed by atoms with Gasteiger partial charge in [-0.25, -0.2) is 0 Å². The molecule has 1 spiro atoms. The van der Waals surface area contributed by atoms with Crippen LogP contribution in [0, 0.1) is 5.92 Å². The van der Waals surface area contributed by atoms with E-state index < -0.39 is 0 Å². The fraction of sp³-hybridized carbons (Fsp3) is 0.824. The van der Waals surface area contributed by atoms with Crippen molar-refractivity contribution < 1.29 is 4.79 Å². The highest BCUT2D eigenvalue weighted by molar-refractivity contribution is 6.18. The van der Waals surface area contributed by atoms with E-state index in [1.165, 1.54) is 19.3 Å². The molecule has 0 radical (unpaired) electrons. The van der Waals surface area contributed by atoms with Crippen LogP contribution in [0.4, 0.5) is 0 Å². The van der Waals surface area contributed by atoms with Gasteiger partial charge >= 0.3 is 0 Å². The SMILES string of the molecule is CCCC[C@@H]1CC(=O)[C@H]2C=CCC[C@@]23CC[C@@H](CCl)N13. The van der Waals surface area contributed by atoms with Gasteiger partial charge in [-0.1, -0.05) is 31.9 Å². The standard InChI is InChI=1S/C17H26ClNO/c1-2-3-6-13-11-16(20)15-7-4-5-9-17(15)10-8-14(12-18)19(13)17/h4,7,13-15H,2-3,5-6,8-12H2,1H3/t13-,14+,15-,17-/m1/s1. The predicted octanol–water partition coefficient (Wildman–Crippen LogP) is 3.93. The molecule has 0 N–H and O–H groups in total. The number of alkyl halides is 1. The van der Waals surface area contributed by atoms with Crippen LogP contribution in [0.15, 0.2) is 12.2 Å². The number of carbonyl (C=O) groups is 1. The summed E-state index contributed by atoms with van der Waals surface area (Å²) in [5.74, 6) is 1.34. The van der Waals surface area contributed by atoms with Crippen molar-refractivity contribution in [1.82, 2.24) is 4.90 Å². The third-order valence-corrected chi connectivity index (χ3v) is 6.07. The molecule has 3 aliphatic rings. The lowest BCUT2D eigenvalue weighted by molar-refractivity contribution is -0.136. The maximum atomic E-state index is 12.6. The van der Waals surface area contributed by atoms with Crippen LogP contribution in [-0.2, 0) is 4.79 Å². The Morgan fingerprint density at radius 2 is 2.25 bits per heavy atom. The third-order valence-electron chi connectivity index (χ3n) is 5.72. The number of halogens is 1. The van der Waals surface area contributed by atoms with E-state index in [0.717, 1.165) is 38.0 Å². The molecule has 0 aromatic carbocycles. The second-order valence-electron chi connectivity index (χ2n) is 6.77. The summed E-state index contributed by atoms with van der Waals surface area (Å²) >= 11 is 6.25. The van der Waals surface area contributed by atoms with Crippen LogP contribution in [0.25, 0.3) is 0 Å². The van der Waals surface area contributed by atoms with Crippen molar-refractivity contribution in [1.29, 1.82) is 0 Å². The van der Waals surface area contributed by atoms with Crippen molar-refractivity contribution in [3.8, 4) is 0 Å². The zero-order valence-corrected chi connectivity index (χ0v) is 13.2. The van der Waals surface area contributed by atoms with Gasteiger partial charge < -0.3 is 0 Å². The van der Waals surface area contributed by atoms with E-state index in [2.05, 4.69) is 24.0 Å². The van der Waals surface area contributed by atoms with E-state index in [0.29, 0.717) is 17.9 Å². The largest absolute Gasteiger partial charge is 0.299 e. The highest BCUT2D eigenvalue weighted by Gasteiger charge is 2.57. The number of carbonyl (C=O) groups excluding carboxylic acids is 1. The van der Waals surface area contributed by atoms with Crippen molar-refractivity contribution in [2.75, 3.05) is 5.88 Å². The Morgan fingerprint density at radius 1 is 1.40 bits per heavy atom. The van der Waals surface area contributed by atoms with E-state index in [-0.39, 0.29) is 11.5 Å². The Hall–Kier alpha value is -0.340. The number of hydrogen-bond donors (Lipinski definition) is 0. The molecule has 0 saturated carbocycles. The minimum atomic E-state index is 0.113. The van der Waals surface area contributed by atoms with E-state index in [9.17, 15) is 4.79 Å². The topological polar surface area (TPSA) is 20.3 Å². The molecule has 3 rings (SSSR count). The first-order chi connectivity index (χ1) is 9.73. The van der Waals surface area contributed by atoms with Gasteiger partial charge in [-0.15, -0.1) is 11.6 Å². The number of ketones is 1. The van der Waals surface area contributed by atoms with Crippen LogP contribution in [0.1, 0.15) is 58.3 Å². The monoisotopic (exact) mass is 295 g/mol. The summed E-state index contributed by atoms with van der Waals surface area (Å²) in [6.07, 6.45) is 13.3. The summed E-state index contributed by atoms with van der Waals surface area (Å²) in [7, 11) is 0. The van der Waals surface area contributed by atoms with E-state index in [1.54, 1.807) is 0 Å². The molecule has 2 heterocycles. The molecule has 4 atom stereocenters. The Bertz CT molecular complexity index is 408. The summed E-state index contributed by atoms with van der Waals surface area (Å²) in [6.45, 7) is 2.23. The van der Waals surface area contributed by atoms with Gasteiger partial charge in [-0.3, -0.25) is 9.69 Å². The van der Waals surface area contributed by atoms with Crippen molar-refractivity contribution in [2.45, 2.75) is 75.9 Å².